The van der Waals surface area contributed by atoms with Crippen molar-refractivity contribution in [2.45, 2.75) is 77.4 Å². The van der Waals surface area contributed by atoms with Crippen molar-refractivity contribution >= 4 is 11.6 Å². The van der Waals surface area contributed by atoms with Crippen molar-refractivity contribution in [3.8, 4) is 0 Å². The van der Waals surface area contributed by atoms with Crippen LogP contribution in [0.4, 0.5) is 0 Å². The summed E-state index contributed by atoms with van der Waals surface area (Å²) in [5.41, 5.74) is -0.888. The van der Waals surface area contributed by atoms with Crippen molar-refractivity contribution in [2.75, 3.05) is 0 Å². The van der Waals surface area contributed by atoms with Crippen molar-refractivity contribution in [3.05, 3.63) is 11.6 Å². The van der Waals surface area contributed by atoms with E-state index >= 15 is 0 Å². The third-order valence-electron chi connectivity index (χ3n) is 8.50. The van der Waals surface area contributed by atoms with Crippen molar-refractivity contribution in [2.24, 2.45) is 28.6 Å². The summed E-state index contributed by atoms with van der Waals surface area (Å²) in [4.78, 5) is 25.5. The maximum absolute atomic E-state index is 13.3. The second-order valence-electron chi connectivity index (χ2n) is 9.54. The lowest BCUT2D eigenvalue weighted by Crippen LogP contribution is -2.60. The normalized spacial score (nSPS) is 52.0. The molecule has 0 radical (unpaired) electrons. The van der Waals surface area contributed by atoms with Crippen LogP contribution >= 0.6 is 0 Å². The summed E-state index contributed by atoms with van der Waals surface area (Å²) >= 11 is 0. The molecule has 4 heteroatoms. The van der Waals surface area contributed by atoms with Crippen molar-refractivity contribution in [1.82, 2.24) is 0 Å². The lowest BCUT2D eigenvalue weighted by molar-refractivity contribution is -0.166. The van der Waals surface area contributed by atoms with Gasteiger partial charge in [-0.15, -0.1) is 0 Å². The van der Waals surface area contributed by atoms with Crippen molar-refractivity contribution < 1.29 is 19.8 Å². The molecule has 0 aromatic carbocycles. The first-order valence-corrected chi connectivity index (χ1v) is 9.77. The third kappa shape index (κ3) is 2.07. The number of hydrogen-bond acceptors (Lipinski definition) is 4. The van der Waals surface area contributed by atoms with Crippen molar-refractivity contribution in [1.29, 1.82) is 0 Å². The summed E-state index contributed by atoms with van der Waals surface area (Å²) < 4.78 is 0. The topological polar surface area (TPSA) is 74.6 Å². The fourth-order valence-electron chi connectivity index (χ4n) is 7.05. The van der Waals surface area contributed by atoms with Gasteiger partial charge in [0.05, 0.1) is 6.10 Å². The van der Waals surface area contributed by atoms with E-state index in [1.54, 1.807) is 0 Å². The van der Waals surface area contributed by atoms with Gasteiger partial charge in [0.25, 0.3) is 0 Å². The second kappa shape index (κ2) is 5.26. The Kier molecular flexibility index (Phi) is 3.66. The van der Waals surface area contributed by atoms with Crippen LogP contribution in [0, 0.1) is 28.6 Å². The Bertz CT molecular complexity index is 667. The van der Waals surface area contributed by atoms with Gasteiger partial charge in [0.1, 0.15) is 11.4 Å². The molecule has 0 spiro atoms. The monoisotopic (exact) mass is 346 g/mol. The highest BCUT2D eigenvalue weighted by molar-refractivity contribution is 5.90. The standard InChI is InChI=1S/C21H30O4/c1-12(22)21(25)9-7-16-15-5-4-13-10-14(23)6-8-19(13,2)18(15)17(24)11-20(16,21)3/h4,14-16,18,23,25H,5-11H2,1-3H3/t14-,15-,16-,18+,19-,20-,21+/m0/s1. The summed E-state index contributed by atoms with van der Waals surface area (Å²) in [5, 5.41) is 21.2. The molecule has 0 bridgehead atoms. The largest absolute Gasteiger partial charge is 0.393 e. The van der Waals surface area contributed by atoms with Gasteiger partial charge in [0.15, 0.2) is 5.78 Å². The average Bonchev–Trinajstić information content (AvgIpc) is 2.80. The molecule has 0 aromatic heterocycles. The highest BCUT2D eigenvalue weighted by Gasteiger charge is 2.67. The molecule has 2 N–H and O–H groups in total. The number of hydrogen-bond donors (Lipinski definition) is 2. The van der Waals surface area contributed by atoms with Gasteiger partial charge in [-0.1, -0.05) is 25.5 Å². The van der Waals surface area contributed by atoms with Crippen LogP contribution in [-0.4, -0.2) is 33.5 Å². The summed E-state index contributed by atoms with van der Waals surface area (Å²) in [7, 11) is 0. The highest BCUT2D eigenvalue weighted by Crippen LogP contribution is 2.66. The van der Waals surface area contributed by atoms with E-state index < -0.39 is 11.0 Å². The lowest BCUT2D eigenvalue weighted by atomic mass is 9.46. The van der Waals surface area contributed by atoms with Gasteiger partial charge in [-0.25, -0.2) is 0 Å². The van der Waals surface area contributed by atoms with E-state index in [1.807, 2.05) is 6.92 Å². The van der Waals surface area contributed by atoms with Crippen LogP contribution in [0.15, 0.2) is 11.6 Å². The quantitative estimate of drug-likeness (QED) is 0.716. The minimum absolute atomic E-state index is 0.0209. The summed E-state index contributed by atoms with van der Waals surface area (Å²) in [6.07, 6.45) is 6.71. The van der Waals surface area contributed by atoms with Crippen LogP contribution in [0.1, 0.15) is 65.7 Å². The SMILES string of the molecule is CC(=O)[C@]1(O)CC[C@H]2[C@@H]3CC=C4C[C@@H](O)CC[C@]4(C)[C@H]3C(=O)C[C@@]21C. The van der Waals surface area contributed by atoms with Gasteiger partial charge in [-0.05, 0) is 62.7 Å². The zero-order valence-electron chi connectivity index (χ0n) is 15.5. The fraction of sp³-hybridized carbons (Fsp3) is 0.810. The number of rotatable bonds is 1. The number of aliphatic hydroxyl groups excluding tert-OH is 1. The molecular weight excluding hydrogens is 316 g/mol. The molecule has 0 heterocycles. The van der Waals surface area contributed by atoms with E-state index in [0.717, 1.165) is 25.7 Å². The Morgan fingerprint density at radius 2 is 1.96 bits per heavy atom. The predicted octanol–water partition coefficient (Wildman–Crippen LogP) is 2.81. The van der Waals surface area contributed by atoms with Gasteiger partial charge in [-0.2, -0.15) is 0 Å². The molecule has 0 unspecified atom stereocenters. The van der Waals surface area contributed by atoms with Gasteiger partial charge < -0.3 is 10.2 Å². The molecule has 3 saturated carbocycles. The lowest BCUT2D eigenvalue weighted by Gasteiger charge is -2.57. The number of carbonyl (C=O) groups is 2. The molecule has 0 saturated heterocycles. The third-order valence-corrected chi connectivity index (χ3v) is 8.50. The molecule has 4 aliphatic rings. The second-order valence-corrected chi connectivity index (χ2v) is 9.54. The minimum atomic E-state index is -1.36. The summed E-state index contributed by atoms with van der Waals surface area (Å²) in [6.45, 7) is 5.63. The van der Waals surface area contributed by atoms with E-state index in [1.165, 1.54) is 12.5 Å². The Morgan fingerprint density at radius 1 is 1.24 bits per heavy atom. The number of aliphatic hydroxyl groups is 2. The molecule has 7 atom stereocenters. The Morgan fingerprint density at radius 3 is 2.64 bits per heavy atom. The maximum atomic E-state index is 13.3. The predicted molar refractivity (Wildman–Crippen MR) is 93.7 cm³/mol. The number of allylic oxidation sites excluding steroid dienone is 1. The Labute approximate surface area is 149 Å². The van der Waals surface area contributed by atoms with E-state index in [0.29, 0.717) is 19.3 Å². The molecule has 4 rings (SSSR count). The Balaban J connectivity index is 1.76. The van der Waals surface area contributed by atoms with Crippen LogP contribution in [0.2, 0.25) is 0 Å². The van der Waals surface area contributed by atoms with Gasteiger partial charge in [0, 0.05) is 17.8 Å². The van der Waals surface area contributed by atoms with Crippen molar-refractivity contribution in [3.63, 3.8) is 0 Å². The Hall–Kier alpha value is -1.00. The zero-order valence-corrected chi connectivity index (χ0v) is 15.5. The number of ketones is 2. The summed E-state index contributed by atoms with van der Waals surface area (Å²) in [6, 6.07) is 0. The first-order chi connectivity index (χ1) is 11.6. The van der Waals surface area contributed by atoms with Gasteiger partial charge in [-0.3, -0.25) is 9.59 Å². The fourth-order valence-corrected chi connectivity index (χ4v) is 7.05. The van der Waals surface area contributed by atoms with Gasteiger partial charge >= 0.3 is 0 Å². The molecular formula is C21H30O4. The molecule has 0 aromatic rings. The molecule has 25 heavy (non-hydrogen) atoms. The summed E-state index contributed by atoms with van der Waals surface area (Å²) in [5.74, 6) is 0.430. The van der Waals surface area contributed by atoms with Crippen LogP contribution in [0.3, 0.4) is 0 Å². The maximum Gasteiger partial charge on any atom is 0.161 e. The van der Waals surface area contributed by atoms with Gasteiger partial charge in [0.2, 0.25) is 0 Å². The smallest absolute Gasteiger partial charge is 0.161 e. The van der Waals surface area contributed by atoms with E-state index in [9.17, 15) is 19.8 Å². The van der Waals surface area contributed by atoms with Crippen LogP contribution in [-0.2, 0) is 9.59 Å². The zero-order chi connectivity index (χ0) is 18.2. The molecule has 138 valence electrons. The molecule has 3 fully saturated rings. The van der Waals surface area contributed by atoms with Crippen LogP contribution in [0.5, 0.6) is 0 Å². The molecule has 0 aliphatic heterocycles. The highest BCUT2D eigenvalue weighted by atomic mass is 16.3. The van der Waals surface area contributed by atoms with E-state index in [4.69, 9.17) is 0 Å². The number of Topliss-reactive ketones (excluding diaryl/α,β-unsaturated/α-hetero) is 2. The van der Waals surface area contributed by atoms with Crippen LogP contribution < -0.4 is 0 Å². The van der Waals surface area contributed by atoms with E-state index in [2.05, 4.69) is 13.0 Å². The minimum Gasteiger partial charge on any atom is -0.393 e. The first-order valence-electron chi connectivity index (χ1n) is 9.77. The molecule has 4 nitrogen and oxygen atoms in total. The van der Waals surface area contributed by atoms with Crippen LogP contribution in [0.25, 0.3) is 0 Å². The average molecular weight is 346 g/mol. The molecule has 0 amide bonds. The van der Waals surface area contributed by atoms with E-state index in [-0.39, 0.29) is 40.8 Å². The number of fused-ring (bicyclic) bond motifs is 5. The first kappa shape index (κ1) is 17.4. The number of carbonyl (C=O) groups excluding carboxylic acids is 2. The molecule has 4 aliphatic carbocycles.